The predicted molar refractivity (Wildman–Crippen MR) is 150 cm³/mol. The molecule has 2 fully saturated rings. The van der Waals surface area contributed by atoms with Crippen LogP contribution in [-0.4, -0.2) is 94.8 Å². The van der Waals surface area contributed by atoms with E-state index in [0.29, 0.717) is 42.6 Å². The number of hydrogen-bond donors (Lipinski definition) is 2. The molecule has 0 unspecified atom stereocenters. The molecule has 2 aliphatic heterocycles. The summed E-state index contributed by atoms with van der Waals surface area (Å²) >= 11 is 3.36. The highest BCUT2D eigenvalue weighted by molar-refractivity contribution is 9.10. The Labute approximate surface area is 230 Å². The van der Waals surface area contributed by atoms with Gasteiger partial charge in [-0.25, -0.2) is 0 Å². The SMILES string of the molecule is CNc1cncc(C(=O)N2CCC[C@@H](Nc3c(C(=O)N4C[C@@H](C)N(C)[C@@H](C)C4)cc(Br)cc3[N+](=O)[O-])C2)c1. The first-order chi connectivity index (χ1) is 18.1. The lowest BCUT2D eigenvalue weighted by molar-refractivity contribution is -0.384. The highest BCUT2D eigenvalue weighted by atomic mass is 79.9. The first-order valence-corrected chi connectivity index (χ1v) is 13.6. The summed E-state index contributed by atoms with van der Waals surface area (Å²) in [6.45, 7) is 6.12. The van der Waals surface area contributed by atoms with Gasteiger partial charge in [-0.15, -0.1) is 0 Å². The molecule has 2 aromatic rings. The topological polar surface area (TPSA) is 124 Å². The van der Waals surface area contributed by atoms with Gasteiger partial charge in [0, 0.05) is 74.3 Å². The van der Waals surface area contributed by atoms with Crippen LogP contribution in [0.2, 0.25) is 0 Å². The lowest BCUT2D eigenvalue weighted by atomic mass is 10.0. The maximum absolute atomic E-state index is 13.8. The molecule has 1 aromatic carbocycles. The zero-order chi connectivity index (χ0) is 27.6. The van der Waals surface area contributed by atoms with Crippen LogP contribution in [0.3, 0.4) is 0 Å². The summed E-state index contributed by atoms with van der Waals surface area (Å²) in [5.41, 5.74) is 1.49. The van der Waals surface area contributed by atoms with Crippen LogP contribution in [0.25, 0.3) is 0 Å². The molecular weight excluding hydrogens is 554 g/mol. The number of nitro groups is 1. The molecule has 0 radical (unpaired) electrons. The fourth-order valence-electron chi connectivity index (χ4n) is 5.16. The Hall–Kier alpha value is -3.25. The van der Waals surface area contributed by atoms with Gasteiger partial charge in [0.25, 0.3) is 17.5 Å². The number of nitro benzene ring substituents is 1. The van der Waals surface area contributed by atoms with Gasteiger partial charge < -0.3 is 20.4 Å². The minimum Gasteiger partial charge on any atom is -0.387 e. The number of carbonyl (C=O) groups is 2. The fraction of sp³-hybridized carbons (Fsp3) is 0.500. The number of nitrogens with one attached hydrogen (secondary N) is 2. The number of pyridine rings is 1. The van der Waals surface area contributed by atoms with Crippen molar-refractivity contribution in [2.24, 2.45) is 0 Å². The molecule has 11 nitrogen and oxygen atoms in total. The van der Waals surface area contributed by atoms with Crippen LogP contribution in [0, 0.1) is 10.1 Å². The standard InChI is InChI=1S/C26H34BrN7O4/c1-16-13-33(14-17(2)31(16)4)26(36)22-9-19(27)10-23(34(37)38)24(22)30-20-6-5-7-32(15-20)25(35)18-8-21(28-3)12-29-11-18/h8-12,16-17,20,28,30H,5-7,13-15H2,1-4H3/t16-,17+,20-/m1/s1. The van der Waals surface area contributed by atoms with E-state index in [1.807, 2.05) is 7.05 Å². The smallest absolute Gasteiger partial charge is 0.294 e. The molecule has 2 amide bonds. The van der Waals surface area contributed by atoms with Crippen molar-refractivity contribution in [2.75, 3.05) is 50.9 Å². The maximum Gasteiger partial charge on any atom is 0.294 e. The molecule has 3 atom stereocenters. The average Bonchev–Trinajstić information content (AvgIpc) is 2.91. The fourth-order valence-corrected chi connectivity index (χ4v) is 5.60. The first kappa shape index (κ1) is 27.8. The summed E-state index contributed by atoms with van der Waals surface area (Å²) < 4.78 is 0.464. The highest BCUT2D eigenvalue weighted by Gasteiger charge is 2.34. The van der Waals surface area contributed by atoms with Gasteiger partial charge in [-0.3, -0.25) is 29.6 Å². The summed E-state index contributed by atoms with van der Waals surface area (Å²) in [4.78, 5) is 48.4. The van der Waals surface area contributed by atoms with Crippen LogP contribution >= 0.6 is 15.9 Å². The van der Waals surface area contributed by atoms with Crippen molar-refractivity contribution in [2.45, 2.75) is 44.8 Å². The number of halogens is 1. The van der Waals surface area contributed by atoms with Crippen molar-refractivity contribution in [1.29, 1.82) is 0 Å². The molecule has 2 saturated heterocycles. The number of rotatable bonds is 6. The molecule has 0 saturated carbocycles. The van der Waals surface area contributed by atoms with E-state index in [4.69, 9.17) is 0 Å². The highest BCUT2D eigenvalue weighted by Crippen LogP contribution is 2.35. The number of hydrogen-bond acceptors (Lipinski definition) is 8. The number of piperazine rings is 1. The molecule has 4 rings (SSSR count). The van der Waals surface area contributed by atoms with E-state index in [1.54, 1.807) is 35.2 Å². The summed E-state index contributed by atoms with van der Waals surface area (Å²) in [6.07, 6.45) is 4.62. The van der Waals surface area contributed by atoms with Crippen molar-refractivity contribution in [3.05, 3.63) is 56.3 Å². The zero-order valence-corrected chi connectivity index (χ0v) is 23.7. The number of amides is 2. The Morgan fingerprint density at radius 3 is 2.45 bits per heavy atom. The third-order valence-corrected chi connectivity index (χ3v) is 7.95. The van der Waals surface area contributed by atoms with Crippen LogP contribution < -0.4 is 10.6 Å². The van der Waals surface area contributed by atoms with Crippen LogP contribution in [0.15, 0.2) is 35.1 Å². The van der Waals surface area contributed by atoms with E-state index in [9.17, 15) is 19.7 Å². The van der Waals surface area contributed by atoms with E-state index < -0.39 is 4.92 Å². The molecule has 204 valence electrons. The summed E-state index contributed by atoms with van der Waals surface area (Å²) in [6, 6.07) is 4.87. The molecule has 1 aromatic heterocycles. The van der Waals surface area contributed by atoms with Gasteiger partial charge in [0.15, 0.2) is 0 Å². The van der Waals surface area contributed by atoms with Gasteiger partial charge >= 0.3 is 0 Å². The second-order valence-electron chi connectivity index (χ2n) is 10.1. The third kappa shape index (κ3) is 5.91. The van der Waals surface area contributed by atoms with Crippen molar-refractivity contribution in [3.8, 4) is 0 Å². The molecule has 2 N–H and O–H groups in total. The quantitative estimate of drug-likeness (QED) is 0.387. The lowest BCUT2D eigenvalue weighted by Crippen LogP contribution is -2.56. The van der Waals surface area contributed by atoms with Crippen molar-refractivity contribution in [3.63, 3.8) is 0 Å². The number of carbonyl (C=O) groups excluding carboxylic acids is 2. The van der Waals surface area contributed by atoms with Crippen molar-refractivity contribution >= 4 is 44.8 Å². The Balaban J connectivity index is 1.60. The molecule has 0 bridgehead atoms. The second kappa shape index (κ2) is 11.6. The van der Waals surface area contributed by atoms with E-state index >= 15 is 0 Å². The van der Waals surface area contributed by atoms with Gasteiger partial charge in [-0.05, 0) is 45.9 Å². The largest absolute Gasteiger partial charge is 0.387 e. The molecule has 3 heterocycles. The Morgan fingerprint density at radius 2 is 1.79 bits per heavy atom. The lowest BCUT2D eigenvalue weighted by Gasteiger charge is -2.42. The molecule has 0 aliphatic carbocycles. The van der Waals surface area contributed by atoms with E-state index in [-0.39, 0.29) is 46.9 Å². The number of aromatic nitrogens is 1. The Bertz CT molecular complexity index is 1210. The maximum atomic E-state index is 13.8. The Morgan fingerprint density at radius 1 is 1.08 bits per heavy atom. The van der Waals surface area contributed by atoms with E-state index in [2.05, 4.69) is 50.3 Å². The van der Waals surface area contributed by atoms with Crippen molar-refractivity contribution in [1.82, 2.24) is 19.7 Å². The summed E-state index contributed by atoms with van der Waals surface area (Å²) in [5.74, 6) is -0.398. The minimum absolute atomic E-state index is 0.150. The number of likely N-dealkylation sites (tertiary alicyclic amines) is 1. The minimum atomic E-state index is -0.472. The molecule has 38 heavy (non-hydrogen) atoms. The normalized spacial score (nSPS) is 22.2. The number of nitrogens with zero attached hydrogens (tertiary/aromatic N) is 5. The number of likely N-dealkylation sites (N-methyl/N-ethyl adjacent to an activating group) is 1. The van der Waals surface area contributed by atoms with E-state index in [1.165, 1.54) is 12.3 Å². The average molecular weight is 589 g/mol. The molecule has 2 aliphatic rings. The molecular formula is C26H34BrN7O4. The van der Waals surface area contributed by atoms with Gasteiger partial charge in [0.05, 0.1) is 21.7 Å². The second-order valence-corrected chi connectivity index (χ2v) is 11.0. The number of piperidine rings is 1. The Kier molecular flexibility index (Phi) is 8.51. The predicted octanol–water partition coefficient (Wildman–Crippen LogP) is 3.68. The van der Waals surface area contributed by atoms with Gasteiger partial charge in [0.2, 0.25) is 0 Å². The van der Waals surface area contributed by atoms with Gasteiger partial charge in [-0.2, -0.15) is 0 Å². The van der Waals surface area contributed by atoms with Gasteiger partial charge in [0.1, 0.15) is 5.69 Å². The van der Waals surface area contributed by atoms with Crippen LogP contribution in [0.5, 0.6) is 0 Å². The van der Waals surface area contributed by atoms with Crippen LogP contribution in [-0.2, 0) is 0 Å². The third-order valence-electron chi connectivity index (χ3n) is 7.49. The zero-order valence-electron chi connectivity index (χ0n) is 22.1. The van der Waals surface area contributed by atoms with Crippen molar-refractivity contribution < 1.29 is 14.5 Å². The number of anilines is 2. The van der Waals surface area contributed by atoms with Crippen LogP contribution in [0.1, 0.15) is 47.4 Å². The summed E-state index contributed by atoms with van der Waals surface area (Å²) in [5, 5.41) is 18.3. The van der Waals surface area contributed by atoms with Crippen LogP contribution in [0.4, 0.5) is 17.1 Å². The summed E-state index contributed by atoms with van der Waals surface area (Å²) in [7, 11) is 3.80. The number of benzene rings is 1. The monoisotopic (exact) mass is 587 g/mol. The van der Waals surface area contributed by atoms with Gasteiger partial charge in [-0.1, -0.05) is 15.9 Å². The first-order valence-electron chi connectivity index (χ1n) is 12.8. The molecule has 0 spiro atoms. The van der Waals surface area contributed by atoms with E-state index in [0.717, 1.165) is 12.1 Å². The molecule has 12 heteroatoms.